The Morgan fingerprint density at radius 1 is 1.24 bits per heavy atom. The largest absolute Gasteiger partial charge is 0.493 e. The summed E-state index contributed by atoms with van der Waals surface area (Å²) in [6.45, 7) is 0.136. The van der Waals surface area contributed by atoms with Crippen LogP contribution in [0.5, 0.6) is 11.5 Å². The Hall–Kier alpha value is -2.05. The molecule has 0 atom stereocenters. The highest BCUT2D eigenvalue weighted by Crippen LogP contribution is 2.32. The van der Waals surface area contributed by atoms with Gasteiger partial charge in [-0.05, 0) is 18.2 Å². The van der Waals surface area contributed by atoms with Gasteiger partial charge >= 0.3 is 0 Å². The minimum atomic E-state index is -0.508. The van der Waals surface area contributed by atoms with Crippen molar-refractivity contribution in [2.45, 2.75) is 6.61 Å². The van der Waals surface area contributed by atoms with Crippen molar-refractivity contribution in [3.05, 3.63) is 56.3 Å². The second kappa shape index (κ2) is 6.60. The number of pyridine rings is 1. The highest BCUT2D eigenvalue weighted by Gasteiger charge is 2.13. The van der Waals surface area contributed by atoms with E-state index in [1.165, 1.54) is 25.3 Å². The van der Waals surface area contributed by atoms with E-state index in [4.69, 9.17) is 32.7 Å². The maximum Gasteiger partial charge on any atom is 0.273 e. The Balaban J connectivity index is 2.17. The minimum absolute atomic E-state index is 0.0783. The Bertz CT molecular complexity index is 679. The Morgan fingerprint density at radius 2 is 2.00 bits per heavy atom. The molecule has 0 aliphatic carbocycles. The third-order valence-electron chi connectivity index (χ3n) is 2.63. The van der Waals surface area contributed by atoms with E-state index in [1.54, 1.807) is 12.1 Å². The van der Waals surface area contributed by atoms with Crippen LogP contribution in [0.1, 0.15) is 5.56 Å². The van der Waals surface area contributed by atoms with E-state index >= 15 is 0 Å². The molecule has 0 amide bonds. The number of nitro groups is 1. The summed E-state index contributed by atoms with van der Waals surface area (Å²) in [5.74, 6) is 0.636. The van der Waals surface area contributed by atoms with Gasteiger partial charge in [-0.25, -0.2) is 4.98 Å². The quantitative estimate of drug-likeness (QED) is 0.473. The number of halogens is 2. The highest BCUT2D eigenvalue weighted by molar-refractivity contribution is 6.32. The molecule has 0 fully saturated rings. The molecule has 1 aromatic heterocycles. The summed E-state index contributed by atoms with van der Waals surface area (Å²) in [5, 5.41) is 11.2. The van der Waals surface area contributed by atoms with Crippen LogP contribution in [0.3, 0.4) is 0 Å². The average molecular weight is 329 g/mol. The smallest absolute Gasteiger partial charge is 0.273 e. The SMILES string of the molecule is COc1cc([N+](=O)[O-])ccc1OCc1ccc(Cl)nc1Cl. The number of nitrogens with zero attached hydrogens (tertiary/aromatic N) is 2. The van der Waals surface area contributed by atoms with E-state index < -0.39 is 4.92 Å². The van der Waals surface area contributed by atoms with E-state index in [0.717, 1.165) is 0 Å². The molecule has 0 saturated heterocycles. The van der Waals surface area contributed by atoms with Crippen molar-refractivity contribution in [1.82, 2.24) is 4.98 Å². The predicted octanol–water partition coefficient (Wildman–Crippen LogP) is 3.88. The molecule has 0 radical (unpaired) electrons. The Kier molecular flexibility index (Phi) is 4.82. The summed E-state index contributed by atoms with van der Waals surface area (Å²) in [7, 11) is 1.41. The number of hydrogen-bond donors (Lipinski definition) is 0. The summed E-state index contributed by atoms with van der Waals surface area (Å²) in [6, 6.07) is 7.37. The first-order valence-electron chi connectivity index (χ1n) is 5.77. The number of non-ortho nitro benzene ring substituents is 1. The van der Waals surface area contributed by atoms with Gasteiger partial charge in [0.05, 0.1) is 18.1 Å². The highest BCUT2D eigenvalue weighted by atomic mass is 35.5. The number of benzene rings is 1. The summed E-state index contributed by atoms with van der Waals surface area (Å²) >= 11 is 11.6. The van der Waals surface area contributed by atoms with Crippen molar-refractivity contribution >= 4 is 28.9 Å². The lowest BCUT2D eigenvalue weighted by molar-refractivity contribution is -0.385. The zero-order valence-electron chi connectivity index (χ0n) is 10.9. The monoisotopic (exact) mass is 328 g/mol. The fourth-order valence-corrected chi connectivity index (χ4v) is 1.99. The van der Waals surface area contributed by atoms with E-state index in [0.29, 0.717) is 11.3 Å². The first kappa shape index (κ1) is 15.3. The number of methoxy groups -OCH3 is 1. The molecule has 1 heterocycles. The Morgan fingerprint density at radius 3 is 2.62 bits per heavy atom. The van der Waals surface area contributed by atoms with E-state index in [1.807, 2.05) is 0 Å². The van der Waals surface area contributed by atoms with Gasteiger partial charge in [-0.15, -0.1) is 0 Å². The third kappa shape index (κ3) is 3.74. The molecule has 0 saturated carbocycles. The van der Waals surface area contributed by atoms with Crippen molar-refractivity contribution < 1.29 is 14.4 Å². The first-order valence-corrected chi connectivity index (χ1v) is 6.53. The van der Waals surface area contributed by atoms with Crippen LogP contribution in [0.2, 0.25) is 10.3 Å². The number of ether oxygens (including phenoxy) is 2. The van der Waals surface area contributed by atoms with Gasteiger partial charge in [-0.3, -0.25) is 10.1 Å². The number of rotatable bonds is 5. The minimum Gasteiger partial charge on any atom is -0.493 e. The van der Waals surface area contributed by atoms with Gasteiger partial charge in [0.15, 0.2) is 11.5 Å². The summed E-state index contributed by atoms with van der Waals surface area (Å²) in [6.07, 6.45) is 0. The van der Waals surface area contributed by atoms with Crippen molar-refractivity contribution in [2.75, 3.05) is 7.11 Å². The molecule has 2 aromatic rings. The molecule has 0 aliphatic rings. The van der Waals surface area contributed by atoms with E-state index in [-0.39, 0.29) is 28.3 Å². The third-order valence-corrected chi connectivity index (χ3v) is 3.17. The van der Waals surface area contributed by atoms with Crippen LogP contribution in [0.25, 0.3) is 0 Å². The van der Waals surface area contributed by atoms with Gasteiger partial charge in [-0.1, -0.05) is 23.2 Å². The van der Waals surface area contributed by atoms with Crippen molar-refractivity contribution in [3.63, 3.8) is 0 Å². The molecule has 2 rings (SSSR count). The predicted molar refractivity (Wildman–Crippen MR) is 78.2 cm³/mol. The van der Waals surface area contributed by atoms with Gasteiger partial charge in [0.25, 0.3) is 5.69 Å². The molecule has 1 aromatic carbocycles. The van der Waals surface area contributed by atoms with Crippen LogP contribution < -0.4 is 9.47 Å². The van der Waals surface area contributed by atoms with Gasteiger partial charge < -0.3 is 9.47 Å². The molecular weight excluding hydrogens is 319 g/mol. The molecule has 110 valence electrons. The number of aromatic nitrogens is 1. The topological polar surface area (TPSA) is 74.5 Å². The van der Waals surface area contributed by atoms with Gasteiger partial charge in [-0.2, -0.15) is 0 Å². The molecule has 0 aliphatic heterocycles. The average Bonchev–Trinajstić information content (AvgIpc) is 2.46. The summed E-state index contributed by atoms with van der Waals surface area (Å²) in [4.78, 5) is 14.1. The lowest BCUT2D eigenvalue weighted by Gasteiger charge is -2.11. The zero-order chi connectivity index (χ0) is 15.4. The number of nitro benzene ring substituents is 1. The number of hydrogen-bond acceptors (Lipinski definition) is 5. The fraction of sp³-hybridized carbons (Fsp3) is 0.154. The van der Waals surface area contributed by atoms with Gasteiger partial charge in [0.1, 0.15) is 16.9 Å². The van der Waals surface area contributed by atoms with E-state index in [9.17, 15) is 10.1 Å². The first-order chi connectivity index (χ1) is 10.0. The maximum atomic E-state index is 10.7. The van der Waals surface area contributed by atoms with Crippen LogP contribution >= 0.6 is 23.2 Å². The maximum absolute atomic E-state index is 10.7. The molecule has 8 heteroatoms. The van der Waals surface area contributed by atoms with E-state index in [2.05, 4.69) is 4.98 Å². The molecule has 0 N–H and O–H groups in total. The molecule has 0 unspecified atom stereocenters. The second-order valence-electron chi connectivity index (χ2n) is 3.96. The molecular formula is C13H10Cl2N2O4. The lowest BCUT2D eigenvalue weighted by atomic mass is 10.2. The van der Waals surface area contributed by atoms with Crippen molar-refractivity contribution in [3.8, 4) is 11.5 Å². The van der Waals surface area contributed by atoms with Crippen LogP contribution in [-0.4, -0.2) is 17.0 Å². The Labute approximate surface area is 130 Å². The van der Waals surface area contributed by atoms with Gasteiger partial charge in [0, 0.05) is 11.6 Å². The molecule has 0 spiro atoms. The van der Waals surface area contributed by atoms with Crippen LogP contribution in [0.15, 0.2) is 30.3 Å². The molecule has 0 bridgehead atoms. The second-order valence-corrected chi connectivity index (χ2v) is 4.71. The summed E-state index contributed by atoms with van der Waals surface area (Å²) in [5.41, 5.74) is 0.562. The van der Waals surface area contributed by atoms with Gasteiger partial charge in [0.2, 0.25) is 0 Å². The molecule has 21 heavy (non-hydrogen) atoms. The summed E-state index contributed by atoms with van der Waals surface area (Å²) < 4.78 is 10.6. The normalized spacial score (nSPS) is 10.2. The van der Waals surface area contributed by atoms with Crippen LogP contribution in [-0.2, 0) is 6.61 Å². The fourth-order valence-electron chi connectivity index (χ4n) is 1.59. The lowest BCUT2D eigenvalue weighted by Crippen LogP contribution is -2.00. The zero-order valence-corrected chi connectivity index (χ0v) is 12.4. The molecule has 6 nitrogen and oxygen atoms in total. The van der Waals surface area contributed by atoms with Crippen molar-refractivity contribution in [2.24, 2.45) is 0 Å². The van der Waals surface area contributed by atoms with Crippen LogP contribution in [0.4, 0.5) is 5.69 Å². The standard InChI is InChI=1S/C13H10Cl2N2O4/c1-20-11-6-9(17(18)19)3-4-10(11)21-7-8-2-5-12(14)16-13(8)15/h2-6H,7H2,1H3. The van der Waals surface area contributed by atoms with Crippen LogP contribution in [0, 0.1) is 10.1 Å². The van der Waals surface area contributed by atoms with Crippen molar-refractivity contribution in [1.29, 1.82) is 0 Å².